The fraction of sp³-hybridized carbons (Fsp3) is 0.417. The molecule has 3 rings (SSSR count). The number of rotatable bonds is 7. The molecule has 33 heavy (non-hydrogen) atoms. The lowest BCUT2D eigenvalue weighted by molar-refractivity contribution is -0.154. The minimum absolute atomic E-state index is 0.0714. The Morgan fingerprint density at radius 3 is 2.39 bits per heavy atom. The molecule has 2 aromatic rings. The van der Waals surface area contributed by atoms with E-state index in [1.54, 1.807) is 12.1 Å². The number of ether oxygens (including phenoxy) is 1. The lowest BCUT2D eigenvalue weighted by Crippen LogP contribution is -2.46. The van der Waals surface area contributed by atoms with Gasteiger partial charge in [-0.2, -0.15) is 0 Å². The van der Waals surface area contributed by atoms with Gasteiger partial charge in [-0.1, -0.05) is 36.6 Å². The van der Waals surface area contributed by atoms with Crippen molar-refractivity contribution < 1.29 is 27.1 Å². The summed E-state index contributed by atoms with van der Waals surface area (Å²) in [5.41, 5.74) is 1.90. The van der Waals surface area contributed by atoms with Crippen molar-refractivity contribution in [2.45, 2.75) is 55.7 Å². The molecule has 0 N–H and O–H groups in total. The number of halogens is 2. The van der Waals surface area contributed by atoms with Crippen LogP contribution >= 0.6 is 11.6 Å². The number of esters is 1. The maximum absolute atomic E-state index is 14.0. The monoisotopic (exact) mass is 495 g/mol. The van der Waals surface area contributed by atoms with Crippen LogP contribution in [0.3, 0.4) is 0 Å². The third-order valence-electron chi connectivity index (χ3n) is 6.30. The van der Waals surface area contributed by atoms with Crippen LogP contribution in [0.4, 0.5) is 4.39 Å². The van der Waals surface area contributed by atoms with E-state index >= 15 is 0 Å². The second kappa shape index (κ2) is 9.81. The van der Waals surface area contributed by atoms with Crippen molar-refractivity contribution in [1.82, 2.24) is 4.90 Å². The van der Waals surface area contributed by atoms with Crippen molar-refractivity contribution >= 4 is 33.3 Å². The van der Waals surface area contributed by atoms with Crippen molar-refractivity contribution in [2.24, 2.45) is 0 Å². The normalized spacial score (nSPS) is 15.3. The van der Waals surface area contributed by atoms with Crippen LogP contribution in [0.2, 0.25) is 5.02 Å². The molecule has 1 saturated carbocycles. The third-order valence-corrected chi connectivity index (χ3v) is 9.13. The van der Waals surface area contributed by atoms with E-state index in [1.807, 2.05) is 13.8 Å². The number of amides is 1. The van der Waals surface area contributed by atoms with Crippen LogP contribution in [0.15, 0.2) is 41.3 Å². The Hall–Kier alpha value is -2.45. The van der Waals surface area contributed by atoms with E-state index in [4.69, 9.17) is 16.3 Å². The standard InChI is InChI=1S/C24H27ClFNO5S/c1-16-9-10-18(13-17(16)2)33(30,31)24(11-4-5-12-24)23(29)32-15-22(28)27(3)14-19-20(25)7-6-8-21(19)26/h6-10,13H,4-5,11-12,14-15H2,1-3H3. The largest absolute Gasteiger partial charge is 0.454 e. The summed E-state index contributed by atoms with van der Waals surface area (Å²) in [6.07, 6.45) is 1.41. The smallest absolute Gasteiger partial charge is 0.328 e. The van der Waals surface area contributed by atoms with E-state index in [9.17, 15) is 22.4 Å². The Bertz CT molecular complexity index is 1160. The summed E-state index contributed by atoms with van der Waals surface area (Å²) in [5, 5.41) is 0.177. The molecule has 2 aromatic carbocycles. The highest BCUT2D eigenvalue weighted by molar-refractivity contribution is 7.93. The van der Waals surface area contributed by atoms with Gasteiger partial charge in [0.05, 0.1) is 4.90 Å². The molecule has 1 aliphatic carbocycles. The van der Waals surface area contributed by atoms with E-state index in [-0.39, 0.29) is 34.9 Å². The summed E-state index contributed by atoms with van der Waals surface area (Å²) >= 11 is 6.01. The molecular weight excluding hydrogens is 469 g/mol. The number of hydrogen-bond acceptors (Lipinski definition) is 5. The molecule has 1 aliphatic rings. The molecule has 0 spiro atoms. The van der Waals surface area contributed by atoms with Gasteiger partial charge in [-0.15, -0.1) is 0 Å². The van der Waals surface area contributed by atoms with Crippen molar-refractivity contribution in [3.8, 4) is 0 Å². The van der Waals surface area contributed by atoms with Crippen molar-refractivity contribution in [3.05, 3.63) is 63.9 Å². The molecule has 1 amide bonds. The summed E-state index contributed by atoms with van der Waals surface area (Å²) in [6.45, 7) is 2.92. The van der Waals surface area contributed by atoms with Crippen molar-refractivity contribution in [2.75, 3.05) is 13.7 Å². The molecule has 0 unspecified atom stereocenters. The second-order valence-electron chi connectivity index (χ2n) is 8.48. The quantitative estimate of drug-likeness (QED) is 0.532. The van der Waals surface area contributed by atoms with Gasteiger partial charge >= 0.3 is 5.97 Å². The van der Waals surface area contributed by atoms with Gasteiger partial charge in [0, 0.05) is 24.2 Å². The second-order valence-corrected chi connectivity index (χ2v) is 11.1. The maximum Gasteiger partial charge on any atom is 0.328 e. The topological polar surface area (TPSA) is 80.7 Å². The molecule has 0 radical (unpaired) electrons. The van der Waals surface area contributed by atoms with Crippen LogP contribution in [0.1, 0.15) is 42.4 Å². The highest BCUT2D eigenvalue weighted by Crippen LogP contribution is 2.42. The molecule has 1 fully saturated rings. The number of sulfone groups is 1. The first-order valence-electron chi connectivity index (χ1n) is 10.7. The Morgan fingerprint density at radius 1 is 1.12 bits per heavy atom. The molecule has 6 nitrogen and oxygen atoms in total. The summed E-state index contributed by atoms with van der Waals surface area (Å²) < 4.78 is 44.5. The number of hydrogen-bond donors (Lipinski definition) is 0. The van der Waals surface area contributed by atoms with E-state index in [1.165, 1.54) is 36.2 Å². The fourth-order valence-corrected chi connectivity index (χ4v) is 6.37. The predicted octanol–water partition coefficient (Wildman–Crippen LogP) is 4.38. The Kier molecular flexibility index (Phi) is 7.49. The van der Waals surface area contributed by atoms with Crippen LogP contribution in [-0.4, -0.2) is 43.6 Å². The highest BCUT2D eigenvalue weighted by Gasteiger charge is 2.54. The Balaban J connectivity index is 1.75. The molecule has 0 bridgehead atoms. The number of carbonyl (C=O) groups is 2. The Labute approximate surface area is 198 Å². The zero-order chi connectivity index (χ0) is 24.4. The van der Waals surface area contributed by atoms with Gasteiger partial charge in [-0.05, 0) is 62.1 Å². The molecule has 0 aromatic heterocycles. The number of benzene rings is 2. The molecule has 0 aliphatic heterocycles. The lowest BCUT2D eigenvalue weighted by atomic mass is 10.1. The van der Waals surface area contributed by atoms with E-state index in [0.717, 1.165) is 11.1 Å². The van der Waals surface area contributed by atoms with Crippen molar-refractivity contribution in [1.29, 1.82) is 0 Å². The minimum Gasteiger partial charge on any atom is -0.454 e. The fourth-order valence-electron chi connectivity index (χ4n) is 4.01. The number of likely N-dealkylation sites (N-methyl/N-ethyl adjacent to an activating group) is 1. The molecular formula is C24H27ClFNO5S. The molecule has 9 heteroatoms. The van der Waals surface area contributed by atoms with Crippen LogP contribution in [-0.2, 0) is 30.7 Å². The zero-order valence-electron chi connectivity index (χ0n) is 18.9. The SMILES string of the molecule is Cc1ccc(S(=O)(=O)C2(C(=O)OCC(=O)N(C)Cc3c(F)cccc3Cl)CCCC2)cc1C. The van der Waals surface area contributed by atoms with Gasteiger partial charge in [0.1, 0.15) is 5.82 Å². The lowest BCUT2D eigenvalue weighted by Gasteiger charge is -2.27. The summed E-state index contributed by atoms with van der Waals surface area (Å²) in [7, 11) is -2.61. The first kappa shape index (κ1) is 25.2. The van der Waals surface area contributed by atoms with Crippen LogP contribution in [0.5, 0.6) is 0 Å². The van der Waals surface area contributed by atoms with Gasteiger partial charge in [0.15, 0.2) is 21.2 Å². The van der Waals surface area contributed by atoms with Gasteiger partial charge in [0.2, 0.25) is 0 Å². The number of aryl methyl sites for hydroxylation is 2. The van der Waals surface area contributed by atoms with Crippen molar-refractivity contribution in [3.63, 3.8) is 0 Å². The summed E-state index contributed by atoms with van der Waals surface area (Å²) in [4.78, 5) is 26.9. The highest BCUT2D eigenvalue weighted by atomic mass is 35.5. The number of carbonyl (C=O) groups excluding carboxylic acids is 2. The molecule has 178 valence electrons. The van der Waals surface area contributed by atoms with E-state index in [0.29, 0.717) is 12.8 Å². The predicted molar refractivity (Wildman–Crippen MR) is 123 cm³/mol. The van der Waals surface area contributed by atoms with Gasteiger partial charge in [-0.3, -0.25) is 9.59 Å². The van der Waals surface area contributed by atoms with Crippen LogP contribution < -0.4 is 0 Å². The minimum atomic E-state index is -4.03. The average molecular weight is 496 g/mol. The zero-order valence-corrected chi connectivity index (χ0v) is 20.4. The van der Waals surface area contributed by atoms with E-state index in [2.05, 4.69) is 0 Å². The maximum atomic E-state index is 14.0. The first-order chi connectivity index (χ1) is 15.5. The van der Waals surface area contributed by atoms with E-state index < -0.39 is 38.9 Å². The van der Waals surface area contributed by atoms with Crippen LogP contribution in [0, 0.1) is 19.7 Å². The molecule has 0 saturated heterocycles. The van der Waals surface area contributed by atoms with Crippen LogP contribution in [0.25, 0.3) is 0 Å². The first-order valence-corrected chi connectivity index (χ1v) is 12.5. The van der Waals surface area contributed by atoms with Gasteiger partial charge < -0.3 is 9.64 Å². The van der Waals surface area contributed by atoms with Gasteiger partial charge in [-0.25, -0.2) is 12.8 Å². The summed E-state index contributed by atoms with van der Waals surface area (Å²) in [5.74, 6) is -2.08. The molecule has 0 heterocycles. The average Bonchev–Trinajstić information content (AvgIpc) is 3.28. The number of nitrogens with zero attached hydrogens (tertiary/aromatic N) is 1. The molecule has 0 atom stereocenters. The summed E-state index contributed by atoms with van der Waals surface area (Å²) in [6, 6.07) is 8.99. The Morgan fingerprint density at radius 2 is 1.79 bits per heavy atom. The van der Waals surface area contributed by atoms with Gasteiger partial charge in [0.25, 0.3) is 5.91 Å². The third kappa shape index (κ3) is 4.92.